The molecule has 3 rings (SSSR count). The van der Waals surface area contributed by atoms with E-state index in [1.807, 2.05) is 0 Å². The Labute approximate surface area is 117 Å². The Bertz CT molecular complexity index is 325. The van der Waals surface area contributed by atoms with Crippen LogP contribution in [0.1, 0.15) is 57.8 Å². The number of hydrogen-bond acceptors (Lipinski definition) is 2. The minimum Gasteiger partial charge on any atom is -0.338 e. The summed E-state index contributed by atoms with van der Waals surface area (Å²) in [5, 5.41) is 0. The van der Waals surface area contributed by atoms with E-state index in [1.165, 1.54) is 51.5 Å². The molecule has 2 unspecified atom stereocenters. The fourth-order valence-electron chi connectivity index (χ4n) is 4.47. The number of rotatable bonds is 2. The number of hydrogen-bond donors (Lipinski definition) is 0. The highest BCUT2D eigenvalue weighted by atomic mass is 16.2. The van der Waals surface area contributed by atoms with Gasteiger partial charge in [0.25, 0.3) is 0 Å². The van der Waals surface area contributed by atoms with E-state index in [0.717, 1.165) is 19.4 Å². The van der Waals surface area contributed by atoms with Crippen molar-refractivity contribution in [1.29, 1.82) is 0 Å². The predicted octanol–water partition coefficient (Wildman–Crippen LogP) is 2.65. The highest BCUT2D eigenvalue weighted by Crippen LogP contribution is 2.33. The average Bonchev–Trinajstić information content (AvgIpc) is 3.07. The van der Waals surface area contributed by atoms with Crippen molar-refractivity contribution < 1.29 is 4.79 Å². The van der Waals surface area contributed by atoms with Gasteiger partial charge in [-0.25, -0.2) is 0 Å². The molecule has 2 saturated heterocycles. The highest BCUT2D eigenvalue weighted by molar-refractivity contribution is 5.79. The molecule has 19 heavy (non-hydrogen) atoms. The SMILES string of the molecule is CN1CCCC1C1CCCN1C(=O)C1CCCCC1. The average molecular weight is 264 g/mol. The van der Waals surface area contributed by atoms with Gasteiger partial charge in [0.15, 0.2) is 0 Å². The number of amides is 1. The molecule has 0 radical (unpaired) electrons. The summed E-state index contributed by atoms with van der Waals surface area (Å²) in [6.07, 6.45) is 11.2. The third kappa shape index (κ3) is 2.67. The Balaban J connectivity index is 1.66. The molecular weight excluding hydrogens is 236 g/mol. The molecule has 0 aromatic heterocycles. The van der Waals surface area contributed by atoms with E-state index in [4.69, 9.17) is 0 Å². The van der Waals surface area contributed by atoms with Gasteiger partial charge in [-0.2, -0.15) is 0 Å². The van der Waals surface area contributed by atoms with Crippen LogP contribution in [0.4, 0.5) is 0 Å². The molecule has 0 N–H and O–H groups in total. The first-order valence-electron chi connectivity index (χ1n) is 8.28. The second-order valence-corrected chi connectivity index (χ2v) is 6.77. The van der Waals surface area contributed by atoms with Crippen LogP contribution in [0, 0.1) is 5.92 Å². The van der Waals surface area contributed by atoms with Gasteiger partial charge in [-0.1, -0.05) is 19.3 Å². The van der Waals surface area contributed by atoms with E-state index in [1.54, 1.807) is 0 Å². The van der Waals surface area contributed by atoms with Crippen molar-refractivity contribution in [2.24, 2.45) is 5.92 Å². The normalized spacial score (nSPS) is 34.1. The van der Waals surface area contributed by atoms with Crippen molar-refractivity contribution in [3.8, 4) is 0 Å². The van der Waals surface area contributed by atoms with Gasteiger partial charge in [-0.05, 0) is 52.1 Å². The fraction of sp³-hybridized carbons (Fsp3) is 0.938. The fourth-order valence-corrected chi connectivity index (χ4v) is 4.47. The van der Waals surface area contributed by atoms with Gasteiger partial charge in [0.1, 0.15) is 0 Å². The zero-order chi connectivity index (χ0) is 13.2. The second kappa shape index (κ2) is 5.82. The van der Waals surface area contributed by atoms with Crippen LogP contribution in [0.15, 0.2) is 0 Å². The Morgan fingerprint density at radius 2 is 1.53 bits per heavy atom. The third-order valence-electron chi connectivity index (χ3n) is 5.56. The lowest BCUT2D eigenvalue weighted by Gasteiger charge is -2.36. The summed E-state index contributed by atoms with van der Waals surface area (Å²) >= 11 is 0. The van der Waals surface area contributed by atoms with E-state index < -0.39 is 0 Å². The molecule has 0 aromatic carbocycles. The predicted molar refractivity (Wildman–Crippen MR) is 77.0 cm³/mol. The Hall–Kier alpha value is -0.570. The third-order valence-corrected chi connectivity index (χ3v) is 5.56. The smallest absolute Gasteiger partial charge is 0.225 e. The summed E-state index contributed by atoms with van der Waals surface area (Å²) < 4.78 is 0. The number of nitrogens with zero attached hydrogens (tertiary/aromatic N) is 2. The van der Waals surface area contributed by atoms with E-state index in [-0.39, 0.29) is 0 Å². The molecule has 2 aliphatic heterocycles. The highest BCUT2D eigenvalue weighted by Gasteiger charge is 2.40. The molecule has 0 aromatic rings. The van der Waals surface area contributed by atoms with Crippen LogP contribution in [0.5, 0.6) is 0 Å². The van der Waals surface area contributed by atoms with E-state index in [2.05, 4.69) is 16.8 Å². The van der Waals surface area contributed by atoms with Gasteiger partial charge in [-0.15, -0.1) is 0 Å². The minimum atomic E-state index is 0.348. The molecule has 1 aliphatic carbocycles. The van der Waals surface area contributed by atoms with E-state index in [0.29, 0.717) is 23.9 Å². The Kier molecular flexibility index (Phi) is 4.11. The molecule has 3 fully saturated rings. The number of likely N-dealkylation sites (N-methyl/N-ethyl adjacent to an activating group) is 1. The number of carbonyl (C=O) groups excluding carboxylic acids is 1. The number of likely N-dealkylation sites (tertiary alicyclic amines) is 2. The van der Waals surface area contributed by atoms with Gasteiger partial charge in [-0.3, -0.25) is 4.79 Å². The van der Waals surface area contributed by atoms with Crippen LogP contribution in [0.25, 0.3) is 0 Å². The molecule has 2 heterocycles. The number of carbonyl (C=O) groups is 1. The van der Waals surface area contributed by atoms with Gasteiger partial charge < -0.3 is 9.80 Å². The zero-order valence-electron chi connectivity index (χ0n) is 12.3. The van der Waals surface area contributed by atoms with Crippen molar-refractivity contribution in [2.45, 2.75) is 69.9 Å². The van der Waals surface area contributed by atoms with Crippen LogP contribution in [0.2, 0.25) is 0 Å². The maximum Gasteiger partial charge on any atom is 0.225 e. The van der Waals surface area contributed by atoms with E-state index in [9.17, 15) is 4.79 Å². The molecule has 1 amide bonds. The lowest BCUT2D eigenvalue weighted by molar-refractivity contribution is -0.138. The molecule has 108 valence electrons. The standard InChI is InChI=1S/C16H28N2O/c1-17-11-5-9-14(17)15-10-6-12-18(15)16(19)13-7-3-2-4-8-13/h13-15H,2-12H2,1H3. The molecule has 0 spiro atoms. The summed E-state index contributed by atoms with van der Waals surface area (Å²) in [6.45, 7) is 2.23. The van der Waals surface area contributed by atoms with E-state index >= 15 is 0 Å². The van der Waals surface area contributed by atoms with Gasteiger partial charge in [0.2, 0.25) is 5.91 Å². The maximum absolute atomic E-state index is 12.8. The first-order valence-corrected chi connectivity index (χ1v) is 8.28. The van der Waals surface area contributed by atoms with Crippen molar-refractivity contribution in [2.75, 3.05) is 20.1 Å². The summed E-state index contributed by atoms with van der Waals surface area (Å²) in [6, 6.07) is 1.15. The molecule has 2 atom stereocenters. The molecular formula is C16H28N2O. The van der Waals surface area contributed by atoms with Crippen LogP contribution < -0.4 is 0 Å². The first-order chi connectivity index (χ1) is 9.27. The van der Waals surface area contributed by atoms with Crippen LogP contribution in [-0.2, 0) is 4.79 Å². The van der Waals surface area contributed by atoms with Crippen molar-refractivity contribution in [3.05, 3.63) is 0 Å². The molecule has 0 bridgehead atoms. The van der Waals surface area contributed by atoms with Crippen molar-refractivity contribution >= 4 is 5.91 Å². The molecule has 1 saturated carbocycles. The van der Waals surface area contributed by atoms with Crippen LogP contribution >= 0.6 is 0 Å². The Morgan fingerprint density at radius 3 is 2.21 bits per heavy atom. The van der Waals surface area contributed by atoms with Gasteiger partial charge in [0.05, 0.1) is 0 Å². The summed E-state index contributed by atoms with van der Waals surface area (Å²) in [7, 11) is 2.24. The van der Waals surface area contributed by atoms with Crippen molar-refractivity contribution in [1.82, 2.24) is 9.80 Å². The van der Waals surface area contributed by atoms with Gasteiger partial charge in [0, 0.05) is 24.5 Å². The van der Waals surface area contributed by atoms with Crippen molar-refractivity contribution in [3.63, 3.8) is 0 Å². The second-order valence-electron chi connectivity index (χ2n) is 6.77. The molecule has 3 heteroatoms. The lowest BCUT2D eigenvalue weighted by Crippen LogP contribution is -2.49. The summed E-state index contributed by atoms with van der Waals surface area (Å²) in [4.78, 5) is 17.5. The molecule has 3 aliphatic rings. The topological polar surface area (TPSA) is 23.6 Å². The molecule has 3 nitrogen and oxygen atoms in total. The maximum atomic E-state index is 12.8. The minimum absolute atomic E-state index is 0.348. The lowest BCUT2D eigenvalue weighted by atomic mass is 9.88. The monoisotopic (exact) mass is 264 g/mol. The van der Waals surface area contributed by atoms with Crippen LogP contribution in [-0.4, -0.2) is 47.9 Å². The summed E-state index contributed by atoms with van der Waals surface area (Å²) in [5.74, 6) is 0.837. The van der Waals surface area contributed by atoms with Crippen LogP contribution in [0.3, 0.4) is 0 Å². The van der Waals surface area contributed by atoms with Gasteiger partial charge >= 0.3 is 0 Å². The quantitative estimate of drug-likeness (QED) is 0.765. The zero-order valence-corrected chi connectivity index (χ0v) is 12.3. The first kappa shape index (κ1) is 13.4. The Morgan fingerprint density at radius 1 is 0.842 bits per heavy atom. The summed E-state index contributed by atoms with van der Waals surface area (Å²) in [5.41, 5.74) is 0. The largest absolute Gasteiger partial charge is 0.338 e.